The van der Waals surface area contributed by atoms with Gasteiger partial charge in [0, 0.05) is 23.9 Å². The molecule has 0 aromatic heterocycles. The first-order chi connectivity index (χ1) is 22.5. The van der Waals surface area contributed by atoms with Crippen molar-refractivity contribution in [2.24, 2.45) is 5.92 Å². The number of allylic oxidation sites excluding steroid dienone is 1. The van der Waals surface area contributed by atoms with Gasteiger partial charge >= 0.3 is 6.09 Å². The molecule has 0 radical (unpaired) electrons. The average Bonchev–Trinajstić information content (AvgIpc) is 3.96. The number of alkyl carbamates (subject to hydrolysis) is 1. The van der Waals surface area contributed by atoms with Crippen LogP contribution in [0.15, 0.2) is 36.9 Å². The van der Waals surface area contributed by atoms with Crippen LogP contribution in [-0.2, 0) is 40.5 Å². The van der Waals surface area contributed by atoms with Gasteiger partial charge in [-0.05, 0) is 61.8 Å². The highest BCUT2D eigenvalue weighted by Crippen LogP contribution is 2.45. The molecule has 0 spiro atoms. The molecular weight excluding hydrogens is 648 g/mol. The Balaban J connectivity index is 1.40. The summed E-state index contributed by atoms with van der Waals surface area (Å²) >= 11 is 6.48. The predicted octanol–water partition coefficient (Wildman–Crippen LogP) is 3.59. The predicted molar refractivity (Wildman–Crippen MR) is 175 cm³/mol. The van der Waals surface area contributed by atoms with Gasteiger partial charge in [-0.15, -0.1) is 6.58 Å². The number of cyclic esters (lactones) is 1. The summed E-state index contributed by atoms with van der Waals surface area (Å²) in [6.07, 6.45) is 8.37. The van der Waals surface area contributed by atoms with Crippen molar-refractivity contribution in [3.05, 3.63) is 53.1 Å². The monoisotopic (exact) mass is 690 g/mol. The van der Waals surface area contributed by atoms with E-state index in [1.807, 2.05) is 31.2 Å². The van der Waals surface area contributed by atoms with Crippen LogP contribution in [0.3, 0.4) is 0 Å². The summed E-state index contributed by atoms with van der Waals surface area (Å²) < 4.78 is 38.9. The SMILES string of the molecule is C=C[C@@H]1C[C@]1(NC(=O)[C@@H]1C[C@@H]2CN1C(=O)[C@H](CCCC)NC(=O)OCCC/C=C/c1ccc(Cl)c(c1)CO2)C(=O)NS(=O)(=O)C1CC1. The maximum Gasteiger partial charge on any atom is 0.407 e. The molecule has 4 bridgehead atoms. The molecule has 256 valence electrons. The number of carbonyl (C=O) groups excluding carboxylic acids is 4. The number of unbranched alkanes of at least 4 members (excludes halogenated alkanes) is 1. The van der Waals surface area contributed by atoms with E-state index >= 15 is 0 Å². The van der Waals surface area contributed by atoms with Crippen molar-refractivity contribution in [1.29, 1.82) is 0 Å². The second kappa shape index (κ2) is 14.8. The second-order valence-electron chi connectivity index (χ2n) is 12.7. The highest BCUT2D eigenvalue weighted by Gasteiger charge is 2.62. The molecule has 0 unspecified atom stereocenters. The van der Waals surface area contributed by atoms with Crippen LogP contribution in [0.4, 0.5) is 4.79 Å². The van der Waals surface area contributed by atoms with E-state index in [1.165, 1.54) is 11.0 Å². The van der Waals surface area contributed by atoms with Crippen LogP contribution in [0.5, 0.6) is 0 Å². The zero-order valence-electron chi connectivity index (χ0n) is 26.5. The van der Waals surface area contributed by atoms with Gasteiger partial charge in [0.25, 0.3) is 5.91 Å². The van der Waals surface area contributed by atoms with Crippen molar-refractivity contribution >= 4 is 51.5 Å². The number of hydrogen-bond donors (Lipinski definition) is 3. The zero-order valence-corrected chi connectivity index (χ0v) is 28.1. The molecule has 4 amide bonds. The van der Waals surface area contributed by atoms with Gasteiger partial charge in [-0.2, -0.15) is 0 Å². The molecule has 2 aliphatic carbocycles. The fourth-order valence-corrected chi connectivity index (χ4v) is 7.62. The van der Waals surface area contributed by atoms with E-state index in [1.54, 1.807) is 6.07 Å². The molecule has 2 heterocycles. The van der Waals surface area contributed by atoms with Gasteiger partial charge in [0.1, 0.15) is 17.6 Å². The molecule has 3 fully saturated rings. The average molecular weight is 691 g/mol. The van der Waals surface area contributed by atoms with Crippen molar-refractivity contribution in [2.45, 2.75) is 100 Å². The summed E-state index contributed by atoms with van der Waals surface area (Å²) in [5, 5.41) is 5.37. The molecule has 5 atom stereocenters. The van der Waals surface area contributed by atoms with Crippen molar-refractivity contribution in [2.75, 3.05) is 13.2 Å². The van der Waals surface area contributed by atoms with Crippen LogP contribution in [0.1, 0.15) is 75.8 Å². The molecule has 5 rings (SSSR count). The van der Waals surface area contributed by atoms with E-state index in [0.717, 1.165) is 17.5 Å². The second-order valence-corrected chi connectivity index (χ2v) is 15.1. The van der Waals surface area contributed by atoms with Gasteiger partial charge < -0.3 is 25.0 Å². The van der Waals surface area contributed by atoms with E-state index in [-0.39, 0.29) is 32.6 Å². The topological polar surface area (TPSA) is 160 Å². The summed E-state index contributed by atoms with van der Waals surface area (Å²) in [7, 11) is -3.86. The van der Waals surface area contributed by atoms with Crippen molar-refractivity contribution in [3.8, 4) is 0 Å². The molecule has 47 heavy (non-hydrogen) atoms. The van der Waals surface area contributed by atoms with Crippen LogP contribution in [0, 0.1) is 5.92 Å². The fourth-order valence-electron chi connectivity index (χ4n) is 6.08. The number of amides is 4. The number of sulfonamides is 1. The number of fused-ring (bicyclic) bond motifs is 4. The lowest BCUT2D eigenvalue weighted by Gasteiger charge is -2.29. The number of rotatable bonds is 9. The maximum atomic E-state index is 14.1. The Kier molecular flexibility index (Phi) is 11.0. The molecule has 12 nitrogen and oxygen atoms in total. The Bertz CT molecular complexity index is 1530. The zero-order chi connectivity index (χ0) is 33.8. The van der Waals surface area contributed by atoms with Crippen LogP contribution >= 0.6 is 11.6 Å². The number of hydrogen-bond acceptors (Lipinski definition) is 8. The summed E-state index contributed by atoms with van der Waals surface area (Å²) in [6.45, 7) is 6.06. The molecule has 2 saturated carbocycles. The maximum absolute atomic E-state index is 14.1. The van der Waals surface area contributed by atoms with Gasteiger partial charge in [-0.3, -0.25) is 19.1 Å². The van der Waals surface area contributed by atoms with Gasteiger partial charge in [0.2, 0.25) is 21.8 Å². The Hall–Kier alpha value is -3.42. The summed E-state index contributed by atoms with van der Waals surface area (Å²) in [4.78, 5) is 55.5. The Morgan fingerprint density at radius 2 is 2.04 bits per heavy atom. The van der Waals surface area contributed by atoms with E-state index in [4.69, 9.17) is 21.1 Å². The number of benzene rings is 1. The standard InChI is InChI=1S/C33H43ClN4O8S/c1-3-5-10-27-30(40)38-19-24(46-20-22-16-21(11-14-26(22)34)9-7-6-8-15-45-32(42)35-27)17-28(38)29(39)36-33(18-23(33)4-2)31(41)37-47(43,44)25-12-13-25/h4,7,9,11,14,16,23-25,27-28H,2-3,5-6,8,10,12-13,15,17-20H2,1H3,(H,35,42)(H,36,39)(H,37,41)/b9-7+/t23-,24-,27+,28+,33-/m1/s1. The molecule has 3 N–H and O–H groups in total. The van der Waals surface area contributed by atoms with Gasteiger partial charge in [0.05, 0.1) is 24.6 Å². The largest absolute Gasteiger partial charge is 0.450 e. The fraction of sp³-hybridized carbons (Fsp3) is 0.576. The first-order valence-electron chi connectivity index (χ1n) is 16.3. The molecule has 14 heteroatoms. The molecule has 1 aromatic rings. The van der Waals surface area contributed by atoms with Crippen molar-refractivity contribution < 1.29 is 37.1 Å². The number of halogens is 1. The molecule has 2 aliphatic heterocycles. The third kappa shape index (κ3) is 8.36. The van der Waals surface area contributed by atoms with Crippen LogP contribution in [0.25, 0.3) is 6.08 Å². The van der Waals surface area contributed by atoms with Crippen LogP contribution < -0.4 is 15.4 Å². The molecule has 1 aromatic carbocycles. The number of carbonyl (C=O) groups is 4. The van der Waals surface area contributed by atoms with E-state index in [9.17, 15) is 27.6 Å². The summed E-state index contributed by atoms with van der Waals surface area (Å²) in [5.41, 5.74) is 0.156. The summed E-state index contributed by atoms with van der Waals surface area (Å²) in [6, 6.07) is 3.56. The van der Waals surface area contributed by atoms with E-state index in [0.29, 0.717) is 43.5 Å². The summed E-state index contributed by atoms with van der Waals surface area (Å²) in [5.74, 6) is -2.41. The highest BCUT2D eigenvalue weighted by atomic mass is 35.5. The van der Waals surface area contributed by atoms with Gasteiger partial charge in [-0.1, -0.05) is 55.7 Å². The highest BCUT2D eigenvalue weighted by molar-refractivity contribution is 7.91. The van der Waals surface area contributed by atoms with Crippen molar-refractivity contribution in [3.63, 3.8) is 0 Å². The van der Waals surface area contributed by atoms with Gasteiger partial charge in [0.15, 0.2) is 0 Å². The molecule has 4 aliphatic rings. The Morgan fingerprint density at radius 3 is 2.74 bits per heavy atom. The van der Waals surface area contributed by atoms with E-state index < -0.39 is 68.7 Å². The Morgan fingerprint density at radius 1 is 1.26 bits per heavy atom. The Labute approximate surface area is 280 Å². The minimum Gasteiger partial charge on any atom is -0.450 e. The van der Waals surface area contributed by atoms with Crippen molar-refractivity contribution in [1.82, 2.24) is 20.3 Å². The molecular formula is C33H43ClN4O8S. The molecule has 1 saturated heterocycles. The van der Waals surface area contributed by atoms with E-state index in [2.05, 4.69) is 21.9 Å². The number of nitrogens with zero attached hydrogens (tertiary/aromatic N) is 1. The lowest BCUT2D eigenvalue weighted by atomic mass is 10.1. The quantitative estimate of drug-likeness (QED) is 0.332. The third-order valence-electron chi connectivity index (χ3n) is 9.14. The smallest absolute Gasteiger partial charge is 0.407 e. The lowest BCUT2D eigenvalue weighted by molar-refractivity contribution is -0.141. The minimum atomic E-state index is -3.86. The van der Waals surface area contributed by atoms with Gasteiger partial charge in [-0.25, -0.2) is 13.2 Å². The first kappa shape index (κ1) is 34.9. The normalized spacial score (nSPS) is 29.0. The lowest BCUT2D eigenvalue weighted by Crippen LogP contribution is -2.58. The third-order valence-corrected chi connectivity index (χ3v) is 11.3. The minimum absolute atomic E-state index is 0.0492. The number of ether oxygens (including phenoxy) is 2. The van der Waals surface area contributed by atoms with Crippen LogP contribution in [0.2, 0.25) is 5.02 Å². The first-order valence-corrected chi connectivity index (χ1v) is 18.2. The number of nitrogens with one attached hydrogen (secondary N) is 3. The van der Waals surface area contributed by atoms with Crippen LogP contribution in [-0.4, -0.2) is 79.3 Å².